The van der Waals surface area contributed by atoms with Crippen molar-refractivity contribution >= 4 is 11.7 Å². The molecular weight excluding hydrogens is 206 g/mol. The molecule has 0 radical (unpaired) electrons. The van der Waals surface area contributed by atoms with E-state index >= 15 is 0 Å². The van der Waals surface area contributed by atoms with E-state index in [1.54, 1.807) is 0 Å². The summed E-state index contributed by atoms with van der Waals surface area (Å²) in [4.78, 5) is 17.9. The molecule has 0 saturated heterocycles. The number of rotatable bonds is 4. The van der Waals surface area contributed by atoms with Crippen LogP contribution < -0.4 is 4.90 Å². The van der Waals surface area contributed by atoms with E-state index in [0.717, 1.165) is 25.9 Å². The Labute approximate surface area is 94.8 Å². The second-order valence-corrected chi connectivity index (χ2v) is 4.02. The Morgan fingerprint density at radius 1 is 1.44 bits per heavy atom. The van der Waals surface area contributed by atoms with Crippen LogP contribution in [0.2, 0.25) is 0 Å². The van der Waals surface area contributed by atoms with E-state index in [2.05, 4.69) is 10.1 Å². The lowest BCUT2D eigenvalue weighted by Crippen LogP contribution is -2.23. The van der Waals surface area contributed by atoms with Crippen LogP contribution in [0, 0.1) is 0 Å². The SMILES string of the molecule is CCN(CC)c1noc(C2CCCC2=O)n1. The van der Waals surface area contributed by atoms with Crippen LogP contribution in [0.1, 0.15) is 44.9 Å². The van der Waals surface area contributed by atoms with Crippen molar-refractivity contribution in [2.45, 2.75) is 39.0 Å². The fourth-order valence-electron chi connectivity index (χ4n) is 2.08. The highest BCUT2D eigenvalue weighted by Gasteiger charge is 2.31. The highest BCUT2D eigenvalue weighted by Crippen LogP contribution is 2.30. The maximum Gasteiger partial charge on any atom is 0.266 e. The molecule has 0 aromatic carbocycles. The van der Waals surface area contributed by atoms with Gasteiger partial charge in [0.25, 0.3) is 5.95 Å². The summed E-state index contributed by atoms with van der Waals surface area (Å²) in [6.45, 7) is 5.77. The molecule has 0 amide bonds. The number of carbonyl (C=O) groups is 1. The fraction of sp³-hybridized carbons (Fsp3) is 0.727. The topological polar surface area (TPSA) is 59.2 Å². The molecule has 5 nitrogen and oxygen atoms in total. The Bertz CT molecular complexity index is 371. The van der Waals surface area contributed by atoms with Gasteiger partial charge in [0.15, 0.2) is 0 Å². The second-order valence-electron chi connectivity index (χ2n) is 4.02. The van der Waals surface area contributed by atoms with Gasteiger partial charge in [0.1, 0.15) is 5.78 Å². The van der Waals surface area contributed by atoms with Crippen LogP contribution in [0.5, 0.6) is 0 Å². The van der Waals surface area contributed by atoms with Gasteiger partial charge < -0.3 is 9.42 Å². The largest absolute Gasteiger partial charge is 0.339 e. The summed E-state index contributed by atoms with van der Waals surface area (Å²) >= 11 is 0. The van der Waals surface area contributed by atoms with Gasteiger partial charge >= 0.3 is 0 Å². The molecule has 1 fully saturated rings. The summed E-state index contributed by atoms with van der Waals surface area (Å²) in [5.74, 6) is 1.16. The molecule has 0 aliphatic heterocycles. The minimum absolute atomic E-state index is 0.156. The van der Waals surface area contributed by atoms with Crippen LogP contribution in [0.25, 0.3) is 0 Å². The van der Waals surface area contributed by atoms with Gasteiger partial charge in [0.05, 0.1) is 5.92 Å². The van der Waals surface area contributed by atoms with Crippen LogP contribution in [-0.4, -0.2) is 29.0 Å². The summed E-state index contributed by atoms with van der Waals surface area (Å²) in [6.07, 6.45) is 2.43. The van der Waals surface area contributed by atoms with E-state index in [1.807, 2.05) is 18.7 Å². The molecule has 1 aromatic heterocycles. The fourth-order valence-corrected chi connectivity index (χ4v) is 2.08. The highest BCUT2D eigenvalue weighted by molar-refractivity contribution is 5.86. The number of anilines is 1. The van der Waals surface area contributed by atoms with Crippen LogP contribution in [0.15, 0.2) is 4.52 Å². The van der Waals surface area contributed by atoms with Crippen LogP contribution in [-0.2, 0) is 4.79 Å². The van der Waals surface area contributed by atoms with Crippen molar-refractivity contribution in [2.75, 3.05) is 18.0 Å². The number of hydrogen-bond acceptors (Lipinski definition) is 5. The molecule has 0 spiro atoms. The molecule has 5 heteroatoms. The number of carbonyl (C=O) groups excluding carboxylic acids is 1. The van der Waals surface area contributed by atoms with Crippen molar-refractivity contribution in [2.24, 2.45) is 0 Å². The monoisotopic (exact) mass is 223 g/mol. The van der Waals surface area contributed by atoms with E-state index in [0.29, 0.717) is 18.3 Å². The molecule has 16 heavy (non-hydrogen) atoms. The normalized spacial score (nSPS) is 20.4. The maximum atomic E-state index is 11.6. The van der Waals surface area contributed by atoms with E-state index in [4.69, 9.17) is 4.52 Å². The van der Waals surface area contributed by atoms with Gasteiger partial charge in [-0.3, -0.25) is 4.79 Å². The zero-order valence-electron chi connectivity index (χ0n) is 9.77. The number of ketones is 1. The Kier molecular flexibility index (Phi) is 3.22. The third-order valence-corrected chi connectivity index (χ3v) is 3.08. The molecule has 88 valence electrons. The zero-order valence-corrected chi connectivity index (χ0v) is 9.77. The number of aromatic nitrogens is 2. The lowest BCUT2D eigenvalue weighted by molar-refractivity contribution is -0.119. The summed E-state index contributed by atoms with van der Waals surface area (Å²) < 4.78 is 5.18. The average molecular weight is 223 g/mol. The first-order chi connectivity index (χ1) is 7.76. The minimum atomic E-state index is -0.156. The Morgan fingerprint density at radius 2 is 2.19 bits per heavy atom. The van der Waals surface area contributed by atoms with Crippen molar-refractivity contribution in [3.63, 3.8) is 0 Å². The molecule has 1 heterocycles. The van der Waals surface area contributed by atoms with E-state index in [1.165, 1.54) is 0 Å². The van der Waals surface area contributed by atoms with Crippen molar-refractivity contribution in [1.29, 1.82) is 0 Å². The zero-order chi connectivity index (χ0) is 11.5. The molecular formula is C11H17N3O2. The minimum Gasteiger partial charge on any atom is -0.339 e. The summed E-state index contributed by atoms with van der Waals surface area (Å²) in [5.41, 5.74) is 0. The van der Waals surface area contributed by atoms with Crippen molar-refractivity contribution in [1.82, 2.24) is 10.1 Å². The summed E-state index contributed by atoms with van der Waals surface area (Å²) in [5, 5.41) is 3.92. The van der Waals surface area contributed by atoms with Gasteiger partial charge in [0.2, 0.25) is 5.89 Å². The van der Waals surface area contributed by atoms with Gasteiger partial charge in [-0.2, -0.15) is 4.98 Å². The highest BCUT2D eigenvalue weighted by atomic mass is 16.5. The Balaban J connectivity index is 2.15. The molecule has 2 rings (SSSR count). The lowest BCUT2D eigenvalue weighted by Gasteiger charge is -2.14. The first-order valence-corrected chi connectivity index (χ1v) is 5.87. The number of Topliss-reactive ketones (excluding diaryl/α,β-unsaturated/α-hetero) is 1. The van der Waals surface area contributed by atoms with Crippen LogP contribution >= 0.6 is 0 Å². The standard InChI is InChI=1S/C11H17N3O2/c1-3-14(4-2)11-12-10(16-13-11)8-6-5-7-9(8)15/h8H,3-7H2,1-2H3. The van der Waals surface area contributed by atoms with Crippen LogP contribution in [0.4, 0.5) is 5.95 Å². The second kappa shape index (κ2) is 4.63. The molecule has 1 aliphatic rings. The quantitative estimate of drug-likeness (QED) is 0.778. The smallest absolute Gasteiger partial charge is 0.266 e. The first-order valence-electron chi connectivity index (χ1n) is 5.87. The lowest BCUT2D eigenvalue weighted by atomic mass is 10.1. The van der Waals surface area contributed by atoms with Gasteiger partial charge in [-0.1, -0.05) is 0 Å². The third-order valence-electron chi connectivity index (χ3n) is 3.08. The molecule has 1 saturated carbocycles. The van der Waals surface area contributed by atoms with Gasteiger partial charge in [-0.15, -0.1) is 0 Å². The molecule has 1 atom stereocenters. The van der Waals surface area contributed by atoms with Gasteiger partial charge in [-0.25, -0.2) is 0 Å². The van der Waals surface area contributed by atoms with Crippen molar-refractivity contribution in [3.05, 3.63) is 5.89 Å². The van der Waals surface area contributed by atoms with Gasteiger partial charge in [-0.05, 0) is 31.8 Å². The molecule has 0 N–H and O–H groups in total. The maximum absolute atomic E-state index is 11.6. The Morgan fingerprint density at radius 3 is 2.75 bits per heavy atom. The van der Waals surface area contributed by atoms with Crippen molar-refractivity contribution in [3.8, 4) is 0 Å². The molecule has 1 aromatic rings. The number of nitrogens with zero attached hydrogens (tertiary/aromatic N) is 3. The van der Waals surface area contributed by atoms with Gasteiger partial charge in [0, 0.05) is 19.5 Å². The summed E-state index contributed by atoms with van der Waals surface area (Å²) in [7, 11) is 0. The third kappa shape index (κ3) is 1.94. The predicted molar refractivity (Wildman–Crippen MR) is 59.5 cm³/mol. The average Bonchev–Trinajstić information content (AvgIpc) is 2.89. The first kappa shape index (κ1) is 11.1. The predicted octanol–water partition coefficient (Wildman–Crippen LogP) is 1.75. The van der Waals surface area contributed by atoms with Crippen LogP contribution in [0.3, 0.4) is 0 Å². The summed E-state index contributed by atoms with van der Waals surface area (Å²) in [6, 6.07) is 0. The Hall–Kier alpha value is -1.39. The van der Waals surface area contributed by atoms with E-state index < -0.39 is 0 Å². The molecule has 1 aliphatic carbocycles. The molecule has 0 bridgehead atoms. The van der Waals surface area contributed by atoms with Crippen molar-refractivity contribution < 1.29 is 9.32 Å². The number of hydrogen-bond donors (Lipinski definition) is 0. The van der Waals surface area contributed by atoms with E-state index in [9.17, 15) is 4.79 Å². The molecule has 1 unspecified atom stereocenters. The van der Waals surface area contributed by atoms with E-state index in [-0.39, 0.29) is 11.7 Å².